The summed E-state index contributed by atoms with van der Waals surface area (Å²) in [6, 6.07) is 13.6. The van der Waals surface area contributed by atoms with E-state index in [4.69, 9.17) is 4.74 Å². The number of hydrogen-bond donors (Lipinski definition) is 2. The predicted molar refractivity (Wildman–Crippen MR) is 98.9 cm³/mol. The highest BCUT2D eigenvalue weighted by atomic mass is 16.5. The molecule has 0 saturated heterocycles. The maximum atomic E-state index is 12.0. The smallest absolute Gasteiger partial charge is 0.224 e. The van der Waals surface area contributed by atoms with Crippen LogP contribution in [0.3, 0.4) is 0 Å². The van der Waals surface area contributed by atoms with E-state index in [9.17, 15) is 9.59 Å². The molecular formula is C20H24N2O3. The Labute approximate surface area is 148 Å². The Morgan fingerprint density at radius 3 is 2.36 bits per heavy atom. The highest BCUT2D eigenvalue weighted by Gasteiger charge is 2.07. The van der Waals surface area contributed by atoms with Crippen molar-refractivity contribution in [1.29, 1.82) is 0 Å². The molecule has 2 N–H and O–H groups in total. The van der Waals surface area contributed by atoms with Gasteiger partial charge < -0.3 is 15.4 Å². The maximum absolute atomic E-state index is 12.0. The number of carbonyl (C=O) groups is 2. The minimum absolute atomic E-state index is 0.000510. The number of hydrogen-bond acceptors (Lipinski definition) is 3. The van der Waals surface area contributed by atoms with Gasteiger partial charge in [0.05, 0.1) is 19.2 Å². The first-order valence-corrected chi connectivity index (χ1v) is 8.24. The fourth-order valence-electron chi connectivity index (χ4n) is 2.50. The molecule has 5 nitrogen and oxygen atoms in total. The van der Waals surface area contributed by atoms with E-state index in [2.05, 4.69) is 10.6 Å². The lowest BCUT2D eigenvalue weighted by Crippen LogP contribution is -2.27. The molecule has 0 aliphatic carbocycles. The largest absolute Gasteiger partial charge is 0.495 e. The van der Waals surface area contributed by atoms with E-state index >= 15 is 0 Å². The third kappa shape index (κ3) is 5.95. The first-order valence-electron chi connectivity index (χ1n) is 8.24. The average Bonchev–Trinajstić information content (AvgIpc) is 2.57. The molecule has 2 aromatic rings. The molecule has 2 aromatic carbocycles. The van der Waals surface area contributed by atoms with Crippen LogP contribution in [-0.4, -0.2) is 25.5 Å². The summed E-state index contributed by atoms with van der Waals surface area (Å²) in [5, 5.41) is 5.68. The van der Waals surface area contributed by atoms with Crippen LogP contribution in [0, 0.1) is 6.92 Å². The van der Waals surface area contributed by atoms with E-state index in [-0.39, 0.29) is 11.8 Å². The lowest BCUT2D eigenvalue weighted by atomic mass is 10.1. The van der Waals surface area contributed by atoms with Crippen molar-refractivity contribution in [3.63, 3.8) is 0 Å². The van der Waals surface area contributed by atoms with Crippen molar-refractivity contribution >= 4 is 17.5 Å². The average molecular weight is 340 g/mol. The molecule has 0 aliphatic heterocycles. The zero-order chi connectivity index (χ0) is 18.2. The van der Waals surface area contributed by atoms with Gasteiger partial charge in [0.1, 0.15) is 5.75 Å². The van der Waals surface area contributed by atoms with Crippen LogP contribution in [0.25, 0.3) is 0 Å². The molecule has 5 heteroatoms. The summed E-state index contributed by atoms with van der Waals surface area (Å²) >= 11 is 0. The van der Waals surface area contributed by atoms with Crippen LogP contribution in [0.15, 0.2) is 42.5 Å². The van der Waals surface area contributed by atoms with Gasteiger partial charge in [0.2, 0.25) is 11.8 Å². The number of rotatable bonds is 7. The first kappa shape index (κ1) is 18.5. The molecule has 0 radical (unpaired) electrons. The van der Waals surface area contributed by atoms with Crippen LogP contribution in [-0.2, 0) is 22.4 Å². The number of aryl methyl sites for hydroxylation is 1. The summed E-state index contributed by atoms with van der Waals surface area (Å²) in [5.41, 5.74) is 3.83. The van der Waals surface area contributed by atoms with Gasteiger partial charge >= 0.3 is 0 Å². The van der Waals surface area contributed by atoms with Crippen LogP contribution in [0.4, 0.5) is 5.69 Å². The van der Waals surface area contributed by atoms with Crippen LogP contribution < -0.4 is 15.4 Å². The Morgan fingerprint density at radius 1 is 1.04 bits per heavy atom. The SMILES string of the molecule is COc1ccc(CCNC(=O)Cc2ccc(C)cc2)cc1NC(C)=O. The van der Waals surface area contributed by atoms with Gasteiger partial charge in [-0.25, -0.2) is 0 Å². The number of benzene rings is 2. The zero-order valence-electron chi connectivity index (χ0n) is 14.9. The lowest BCUT2D eigenvalue weighted by molar-refractivity contribution is -0.120. The van der Waals surface area contributed by atoms with Crippen molar-refractivity contribution in [1.82, 2.24) is 5.32 Å². The standard InChI is InChI=1S/C20H24N2O3/c1-14-4-6-16(7-5-14)13-20(24)21-11-10-17-8-9-19(25-3)18(12-17)22-15(2)23/h4-9,12H,10-11,13H2,1-3H3,(H,21,24)(H,22,23). The Balaban J connectivity index is 1.87. The molecule has 25 heavy (non-hydrogen) atoms. The third-order valence-electron chi connectivity index (χ3n) is 3.80. The van der Waals surface area contributed by atoms with Crippen molar-refractivity contribution in [2.45, 2.75) is 26.7 Å². The van der Waals surface area contributed by atoms with E-state index in [0.29, 0.717) is 30.8 Å². The number of anilines is 1. The molecule has 0 atom stereocenters. The summed E-state index contributed by atoms with van der Waals surface area (Å²) < 4.78 is 5.23. The van der Waals surface area contributed by atoms with Gasteiger partial charge in [-0.2, -0.15) is 0 Å². The monoisotopic (exact) mass is 340 g/mol. The van der Waals surface area contributed by atoms with Crippen molar-refractivity contribution in [2.75, 3.05) is 19.0 Å². The summed E-state index contributed by atoms with van der Waals surface area (Å²) in [4.78, 5) is 23.3. The number of methoxy groups -OCH3 is 1. The van der Waals surface area contributed by atoms with Crippen LogP contribution >= 0.6 is 0 Å². The van der Waals surface area contributed by atoms with Gasteiger partial charge in [0.25, 0.3) is 0 Å². The van der Waals surface area contributed by atoms with E-state index < -0.39 is 0 Å². The predicted octanol–water partition coefficient (Wildman–Crippen LogP) is 2.86. The number of carbonyl (C=O) groups excluding carboxylic acids is 2. The van der Waals surface area contributed by atoms with Gasteiger partial charge in [0, 0.05) is 13.5 Å². The van der Waals surface area contributed by atoms with Gasteiger partial charge in [-0.1, -0.05) is 35.9 Å². The normalized spacial score (nSPS) is 10.2. The second kappa shape index (κ2) is 8.87. The third-order valence-corrected chi connectivity index (χ3v) is 3.80. The van der Waals surface area contributed by atoms with E-state index in [1.165, 1.54) is 12.5 Å². The van der Waals surface area contributed by atoms with Crippen molar-refractivity contribution in [3.8, 4) is 5.75 Å². The van der Waals surface area contributed by atoms with Gasteiger partial charge in [-0.3, -0.25) is 9.59 Å². The lowest BCUT2D eigenvalue weighted by Gasteiger charge is -2.11. The van der Waals surface area contributed by atoms with Crippen LogP contribution in [0.1, 0.15) is 23.6 Å². The molecule has 2 amide bonds. The zero-order valence-corrected chi connectivity index (χ0v) is 14.9. The van der Waals surface area contributed by atoms with E-state index in [1.54, 1.807) is 7.11 Å². The molecule has 0 bridgehead atoms. The molecule has 0 unspecified atom stereocenters. The van der Waals surface area contributed by atoms with E-state index in [1.807, 2.05) is 49.4 Å². The van der Waals surface area contributed by atoms with Gasteiger partial charge in [-0.05, 0) is 36.6 Å². The van der Waals surface area contributed by atoms with Crippen molar-refractivity contribution < 1.29 is 14.3 Å². The summed E-state index contributed by atoms with van der Waals surface area (Å²) in [6.07, 6.45) is 1.05. The minimum atomic E-state index is -0.151. The Bertz CT molecular complexity index is 739. The highest BCUT2D eigenvalue weighted by molar-refractivity contribution is 5.90. The Kier molecular flexibility index (Phi) is 6.57. The number of amides is 2. The van der Waals surface area contributed by atoms with Gasteiger partial charge in [0.15, 0.2) is 0 Å². The Hall–Kier alpha value is -2.82. The quantitative estimate of drug-likeness (QED) is 0.814. The van der Waals surface area contributed by atoms with Crippen molar-refractivity contribution in [2.24, 2.45) is 0 Å². The number of ether oxygens (including phenoxy) is 1. The second-order valence-corrected chi connectivity index (χ2v) is 5.98. The molecule has 0 fully saturated rings. The summed E-state index contributed by atoms with van der Waals surface area (Å²) in [5.74, 6) is 0.462. The fourth-order valence-corrected chi connectivity index (χ4v) is 2.50. The summed E-state index contributed by atoms with van der Waals surface area (Å²) in [6.45, 7) is 4.02. The van der Waals surface area contributed by atoms with Crippen LogP contribution in [0.5, 0.6) is 5.75 Å². The second-order valence-electron chi connectivity index (χ2n) is 5.98. The Morgan fingerprint density at radius 2 is 1.72 bits per heavy atom. The highest BCUT2D eigenvalue weighted by Crippen LogP contribution is 2.25. The summed E-state index contributed by atoms with van der Waals surface area (Å²) in [7, 11) is 1.56. The molecule has 0 spiro atoms. The molecule has 0 aliphatic rings. The number of nitrogens with one attached hydrogen (secondary N) is 2. The molecule has 0 saturated carbocycles. The fraction of sp³-hybridized carbons (Fsp3) is 0.300. The topological polar surface area (TPSA) is 67.4 Å². The molecule has 2 rings (SSSR count). The molecule has 0 aromatic heterocycles. The minimum Gasteiger partial charge on any atom is -0.495 e. The molecule has 132 valence electrons. The van der Waals surface area contributed by atoms with Crippen LogP contribution in [0.2, 0.25) is 0 Å². The molecule has 0 heterocycles. The maximum Gasteiger partial charge on any atom is 0.224 e. The van der Waals surface area contributed by atoms with E-state index in [0.717, 1.165) is 11.1 Å². The van der Waals surface area contributed by atoms with Gasteiger partial charge in [-0.15, -0.1) is 0 Å². The van der Waals surface area contributed by atoms with Crippen molar-refractivity contribution in [3.05, 3.63) is 59.2 Å². The first-order chi connectivity index (χ1) is 12.0. The molecular weight excluding hydrogens is 316 g/mol.